The number of aromatic nitrogens is 2. The fourth-order valence-corrected chi connectivity index (χ4v) is 5.19. The maximum absolute atomic E-state index is 13.0. The van der Waals surface area contributed by atoms with Crippen molar-refractivity contribution in [2.75, 3.05) is 56.0 Å². The number of amides is 2. The third-order valence-electron chi connectivity index (χ3n) is 6.96. The third kappa shape index (κ3) is 6.25. The first-order valence-electron chi connectivity index (χ1n) is 12.5. The van der Waals surface area contributed by atoms with Crippen LogP contribution in [-0.2, 0) is 9.59 Å². The van der Waals surface area contributed by atoms with Crippen LogP contribution >= 0.6 is 27.5 Å². The molecule has 2 aliphatic rings. The summed E-state index contributed by atoms with van der Waals surface area (Å²) in [5, 5.41) is 12.6. The first-order chi connectivity index (χ1) is 18.4. The summed E-state index contributed by atoms with van der Waals surface area (Å²) in [5.74, 6) is 0.451. The van der Waals surface area contributed by atoms with E-state index in [0.29, 0.717) is 50.7 Å². The lowest BCUT2D eigenvalue weighted by atomic mass is 10.1. The van der Waals surface area contributed by atoms with Crippen molar-refractivity contribution in [2.24, 2.45) is 5.92 Å². The summed E-state index contributed by atoms with van der Waals surface area (Å²) in [6, 6.07) is 12.8. The summed E-state index contributed by atoms with van der Waals surface area (Å²) in [6.45, 7) is 4.41. The monoisotopic (exact) mass is 598 g/mol. The summed E-state index contributed by atoms with van der Waals surface area (Å²) in [5.41, 5.74) is 2.61. The number of aromatic hydroxyl groups is 1. The van der Waals surface area contributed by atoms with E-state index in [9.17, 15) is 14.7 Å². The number of hydrogen-bond acceptors (Lipinski definition) is 7. The lowest BCUT2D eigenvalue weighted by molar-refractivity contribution is -0.132. The Hall–Kier alpha value is -3.21. The van der Waals surface area contributed by atoms with Gasteiger partial charge in [-0.1, -0.05) is 11.6 Å². The molecule has 2 aliphatic heterocycles. The second-order valence-electron chi connectivity index (χ2n) is 9.52. The SMILES string of the molecule is O=C(Nc1ccc(O)c(Cl)c1)[C@@H]1CCN(CC(=O)N2CCN(c3ccc(-c4ncc(Br)cn4)cc3)CC2)C1. The van der Waals surface area contributed by atoms with Gasteiger partial charge in [0.05, 0.1) is 22.0 Å². The van der Waals surface area contributed by atoms with Crippen LogP contribution in [0.3, 0.4) is 0 Å². The number of hydrogen-bond donors (Lipinski definition) is 2. The molecule has 0 radical (unpaired) electrons. The van der Waals surface area contributed by atoms with E-state index in [2.05, 4.69) is 48.2 Å². The Bertz CT molecular complexity index is 1300. The van der Waals surface area contributed by atoms with E-state index in [-0.39, 0.29) is 28.5 Å². The number of carbonyl (C=O) groups excluding carboxylic acids is 2. The predicted octanol–water partition coefficient (Wildman–Crippen LogP) is 3.87. The average molecular weight is 600 g/mol. The first-order valence-corrected chi connectivity index (χ1v) is 13.7. The van der Waals surface area contributed by atoms with Crippen LogP contribution < -0.4 is 10.2 Å². The minimum absolute atomic E-state index is 0.0271. The van der Waals surface area contributed by atoms with E-state index < -0.39 is 0 Å². The number of halogens is 2. The number of rotatable bonds is 6. The molecule has 198 valence electrons. The number of likely N-dealkylation sites (tertiary alicyclic amines) is 1. The number of benzene rings is 2. The number of piperazine rings is 1. The molecule has 3 aromatic rings. The first kappa shape index (κ1) is 26.4. The number of nitrogens with one attached hydrogen (secondary N) is 1. The van der Waals surface area contributed by atoms with Crippen LogP contribution in [0.1, 0.15) is 6.42 Å². The van der Waals surface area contributed by atoms with Crippen LogP contribution in [0.5, 0.6) is 5.75 Å². The maximum Gasteiger partial charge on any atom is 0.236 e. The van der Waals surface area contributed by atoms with Crippen LogP contribution in [0.2, 0.25) is 5.02 Å². The Morgan fingerprint density at radius 3 is 2.42 bits per heavy atom. The summed E-state index contributed by atoms with van der Waals surface area (Å²) < 4.78 is 0.844. The fourth-order valence-electron chi connectivity index (χ4n) is 4.81. The zero-order chi connectivity index (χ0) is 26.6. The quantitative estimate of drug-likeness (QED) is 0.415. The van der Waals surface area contributed by atoms with Gasteiger partial charge in [0.1, 0.15) is 5.75 Å². The van der Waals surface area contributed by atoms with Crippen LogP contribution in [0.4, 0.5) is 11.4 Å². The number of carbonyl (C=O) groups is 2. The topological polar surface area (TPSA) is 102 Å². The molecule has 9 nitrogen and oxygen atoms in total. The molecule has 2 N–H and O–H groups in total. The highest BCUT2D eigenvalue weighted by Crippen LogP contribution is 2.27. The molecule has 1 aromatic heterocycles. The van der Waals surface area contributed by atoms with Gasteiger partial charge >= 0.3 is 0 Å². The second-order valence-corrected chi connectivity index (χ2v) is 10.8. The van der Waals surface area contributed by atoms with Gasteiger partial charge in [-0.3, -0.25) is 14.5 Å². The van der Waals surface area contributed by atoms with Gasteiger partial charge in [-0.2, -0.15) is 0 Å². The molecule has 1 atom stereocenters. The molecular weight excluding hydrogens is 572 g/mol. The summed E-state index contributed by atoms with van der Waals surface area (Å²) in [4.78, 5) is 40.6. The molecule has 0 bridgehead atoms. The molecule has 0 saturated carbocycles. The molecule has 2 saturated heterocycles. The molecule has 2 amide bonds. The van der Waals surface area contributed by atoms with Gasteiger partial charge in [-0.15, -0.1) is 0 Å². The van der Waals surface area contributed by atoms with E-state index in [1.807, 2.05) is 21.9 Å². The highest BCUT2D eigenvalue weighted by atomic mass is 79.9. The Morgan fingerprint density at radius 2 is 1.74 bits per heavy atom. The predicted molar refractivity (Wildman–Crippen MR) is 150 cm³/mol. The molecule has 0 aliphatic carbocycles. The molecule has 5 rings (SSSR count). The standard InChI is InChI=1S/C27H28BrClN6O3/c28-20-14-30-26(31-15-20)18-1-4-22(5-2-18)34-9-11-35(12-10-34)25(37)17-33-8-7-19(16-33)27(38)32-21-3-6-24(36)23(29)13-21/h1-6,13-15,19,36H,7-12,16-17H2,(H,32,38)/t19-/m1/s1. The van der Waals surface area contributed by atoms with Gasteiger partial charge in [-0.05, 0) is 71.4 Å². The van der Waals surface area contributed by atoms with E-state index in [0.717, 1.165) is 28.8 Å². The highest BCUT2D eigenvalue weighted by Gasteiger charge is 2.31. The van der Waals surface area contributed by atoms with Crippen LogP contribution in [0.15, 0.2) is 59.3 Å². The number of nitrogens with zero attached hydrogens (tertiary/aromatic N) is 5. The van der Waals surface area contributed by atoms with Gasteiger partial charge in [0.2, 0.25) is 11.8 Å². The molecule has 0 unspecified atom stereocenters. The lowest BCUT2D eigenvalue weighted by Crippen LogP contribution is -2.51. The molecular formula is C27H28BrClN6O3. The van der Waals surface area contributed by atoms with Gasteiger partial charge in [-0.25, -0.2) is 9.97 Å². The van der Waals surface area contributed by atoms with Crippen molar-refractivity contribution in [1.82, 2.24) is 19.8 Å². The molecule has 0 spiro atoms. The second kappa shape index (κ2) is 11.7. The maximum atomic E-state index is 13.0. The fraction of sp³-hybridized carbons (Fsp3) is 0.333. The smallest absolute Gasteiger partial charge is 0.236 e. The Kier molecular flexibility index (Phi) is 8.11. The van der Waals surface area contributed by atoms with Gasteiger partial charge in [0.25, 0.3) is 0 Å². The van der Waals surface area contributed by atoms with E-state index in [1.54, 1.807) is 18.5 Å². The molecule has 11 heteroatoms. The molecule has 3 heterocycles. The van der Waals surface area contributed by atoms with Gasteiger partial charge in [0.15, 0.2) is 5.82 Å². The van der Waals surface area contributed by atoms with Crippen LogP contribution in [0.25, 0.3) is 11.4 Å². The van der Waals surface area contributed by atoms with Crippen molar-refractivity contribution in [3.63, 3.8) is 0 Å². The van der Waals surface area contributed by atoms with Crippen molar-refractivity contribution >= 4 is 50.7 Å². The van der Waals surface area contributed by atoms with Crippen molar-refractivity contribution in [2.45, 2.75) is 6.42 Å². The number of phenolic OH excluding ortho intramolecular Hbond substituents is 1. The minimum atomic E-state index is -0.196. The van der Waals surface area contributed by atoms with Gasteiger partial charge < -0.3 is 20.2 Å². The van der Waals surface area contributed by atoms with Gasteiger partial charge in [0, 0.05) is 62.1 Å². The Morgan fingerprint density at radius 1 is 1.03 bits per heavy atom. The Labute approximate surface area is 234 Å². The van der Waals surface area contributed by atoms with Crippen molar-refractivity contribution in [3.05, 3.63) is 64.4 Å². The lowest BCUT2D eigenvalue weighted by Gasteiger charge is -2.36. The Balaban J connectivity index is 1.07. The summed E-state index contributed by atoms with van der Waals surface area (Å²) in [6.07, 6.45) is 4.16. The summed E-state index contributed by atoms with van der Waals surface area (Å²) >= 11 is 9.28. The normalized spacial score (nSPS) is 18.0. The minimum Gasteiger partial charge on any atom is -0.506 e. The molecule has 2 fully saturated rings. The van der Waals surface area contributed by atoms with E-state index >= 15 is 0 Å². The largest absolute Gasteiger partial charge is 0.506 e. The van der Waals surface area contributed by atoms with E-state index in [4.69, 9.17) is 11.6 Å². The zero-order valence-electron chi connectivity index (χ0n) is 20.7. The molecule has 38 heavy (non-hydrogen) atoms. The van der Waals surface area contributed by atoms with E-state index in [1.165, 1.54) is 12.1 Å². The van der Waals surface area contributed by atoms with Crippen molar-refractivity contribution < 1.29 is 14.7 Å². The highest BCUT2D eigenvalue weighted by molar-refractivity contribution is 9.10. The number of phenols is 1. The zero-order valence-corrected chi connectivity index (χ0v) is 23.0. The molecule has 2 aromatic carbocycles. The van der Waals surface area contributed by atoms with Crippen LogP contribution in [0, 0.1) is 5.92 Å². The number of anilines is 2. The third-order valence-corrected chi connectivity index (χ3v) is 7.67. The van der Waals surface area contributed by atoms with Crippen molar-refractivity contribution in [1.29, 1.82) is 0 Å². The van der Waals surface area contributed by atoms with Crippen LogP contribution in [-0.4, -0.2) is 82.5 Å². The average Bonchev–Trinajstić information content (AvgIpc) is 3.40. The van der Waals surface area contributed by atoms with Crippen molar-refractivity contribution in [3.8, 4) is 17.1 Å². The summed E-state index contributed by atoms with van der Waals surface area (Å²) in [7, 11) is 0.